The zero-order valence-electron chi connectivity index (χ0n) is 10.1. The maximum Gasteiger partial charge on any atom is 0.259 e. The molecule has 2 aromatic rings. The average Bonchev–Trinajstić information content (AvgIpc) is 2.66. The molecule has 0 fully saturated rings. The molecule has 1 aromatic heterocycles. The van der Waals surface area contributed by atoms with Gasteiger partial charge >= 0.3 is 0 Å². The molecule has 4 nitrogen and oxygen atoms in total. The number of carbonyl (C=O) groups excluding carboxylic acids is 1. The lowest BCUT2D eigenvalue weighted by Gasteiger charge is -2.07. The van der Waals surface area contributed by atoms with E-state index in [2.05, 4.69) is 31.4 Å². The Bertz CT molecular complexity index is 635. The molecular formula is C12H10BrF2N3O. The van der Waals surface area contributed by atoms with Crippen LogP contribution in [-0.4, -0.2) is 16.1 Å². The fraction of sp³-hybridized carbons (Fsp3) is 0.167. The van der Waals surface area contributed by atoms with Gasteiger partial charge < -0.3 is 5.32 Å². The third-order valence-electron chi connectivity index (χ3n) is 2.61. The van der Waals surface area contributed by atoms with Crippen LogP contribution in [0.25, 0.3) is 0 Å². The second kappa shape index (κ2) is 5.08. The van der Waals surface area contributed by atoms with Crippen molar-refractivity contribution < 1.29 is 13.6 Å². The van der Waals surface area contributed by atoms with Crippen molar-refractivity contribution in [1.82, 2.24) is 10.2 Å². The SMILES string of the molecule is Cc1n[nH]c(C)c1C(=O)Nc1cc(F)c(Br)cc1F. The van der Waals surface area contributed by atoms with Crippen LogP contribution in [-0.2, 0) is 0 Å². The van der Waals surface area contributed by atoms with Gasteiger partial charge in [-0.3, -0.25) is 9.89 Å². The first-order valence-electron chi connectivity index (χ1n) is 5.37. The van der Waals surface area contributed by atoms with E-state index in [9.17, 15) is 13.6 Å². The zero-order valence-corrected chi connectivity index (χ0v) is 11.7. The molecule has 0 bridgehead atoms. The van der Waals surface area contributed by atoms with Crippen LogP contribution in [0.4, 0.5) is 14.5 Å². The van der Waals surface area contributed by atoms with Crippen molar-refractivity contribution in [3.05, 3.63) is 45.2 Å². The molecule has 0 unspecified atom stereocenters. The fourth-order valence-corrected chi connectivity index (χ4v) is 2.00. The summed E-state index contributed by atoms with van der Waals surface area (Å²) in [5, 5.41) is 8.85. The number of nitrogens with one attached hydrogen (secondary N) is 2. The number of anilines is 1. The maximum atomic E-state index is 13.6. The number of H-pyrrole nitrogens is 1. The van der Waals surface area contributed by atoms with Gasteiger partial charge in [-0.05, 0) is 35.8 Å². The van der Waals surface area contributed by atoms with Gasteiger partial charge in [0.05, 0.1) is 21.4 Å². The number of amides is 1. The van der Waals surface area contributed by atoms with Gasteiger partial charge in [-0.1, -0.05) is 0 Å². The van der Waals surface area contributed by atoms with Gasteiger partial charge in [-0.15, -0.1) is 0 Å². The summed E-state index contributed by atoms with van der Waals surface area (Å²) in [5.41, 5.74) is 1.16. The zero-order chi connectivity index (χ0) is 14.2. The predicted molar refractivity (Wildman–Crippen MR) is 70.1 cm³/mol. The minimum Gasteiger partial charge on any atom is -0.319 e. The first-order chi connectivity index (χ1) is 8.90. The van der Waals surface area contributed by atoms with Crippen LogP contribution in [0.3, 0.4) is 0 Å². The number of carbonyl (C=O) groups is 1. The monoisotopic (exact) mass is 329 g/mol. The number of aryl methyl sites for hydroxylation is 2. The van der Waals surface area contributed by atoms with Crippen LogP contribution < -0.4 is 5.32 Å². The van der Waals surface area contributed by atoms with E-state index in [1.807, 2.05) is 0 Å². The number of aromatic nitrogens is 2. The standard InChI is InChI=1S/C12H10BrF2N3O/c1-5-11(6(2)18-17-5)12(19)16-10-4-8(14)7(13)3-9(10)15/h3-4H,1-2H3,(H,16,19)(H,17,18). The lowest BCUT2D eigenvalue weighted by molar-refractivity contribution is 0.102. The van der Waals surface area contributed by atoms with E-state index in [1.54, 1.807) is 13.8 Å². The molecule has 1 aromatic carbocycles. The molecule has 1 amide bonds. The Labute approximate surface area is 116 Å². The highest BCUT2D eigenvalue weighted by Crippen LogP contribution is 2.24. The predicted octanol–water partition coefficient (Wildman–Crippen LogP) is 3.32. The molecule has 19 heavy (non-hydrogen) atoms. The Kier molecular flexibility index (Phi) is 3.66. The summed E-state index contributed by atoms with van der Waals surface area (Å²) in [6, 6.07) is 1.88. The lowest BCUT2D eigenvalue weighted by atomic mass is 10.2. The Balaban J connectivity index is 2.32. The Morgan fingerprint density at radius 1 is 1.32 bits per heavy atom. The molecule has 2 rings (SSSR count). The number of benzene rings is 1. The van der Waals surface area contributed by atoms with Gasteiger partial charge in [-0.2, -0.15) is 5.10 Å². The second-order valence-electron chi connectivity index (χ2n) is 4.01. The van der Waals surface area contributed by atoms with Crippen molar-refractivity contribution in [2.24, 2.45) is 0 Å². The Morgan fingerprint density at radius 3 is 2.58 bits per heavy atom. The van der Waals surface area contributed by atoms with Crippen LogP contribution in [0.2, 0.25) is 0 Å². The molecular weight excluding hydrogens is 320 g/mol. The van der Waals surface area contributed by atoms with Crippen molar-refractivity contribution in [2.45, 2.75) is 13.8 Å². The minimum atomic E-state index is -0.722. The highest BCUT2D eigenvalue weighted by Gasteiger charge is 2.17. The van der Waals surface area contributed by atoms with E-state index in [1.165, 1.54) is 0 Å². The third kappa shape index (κ3) is 2.65. The smallest absolute Gasteiger partial charge is 0.259 e. The van der Waals surface area contributed by atoms with Crippen molar-refractivity contribution in [1.29, 1.82) is 0 Å². The first kappa shape index (κ1) is 13.7. The van der Waals surface area contributed by atoms with E-state index < -0.39 is 17.5 Å². The van der Waals surface area contributed by atoms with Gasteiger partial charge in [0, 0.05) is 11.8 Å². The van der Waals surface area contributed by atoms with E-state index in [4.69, 9.17) is 0 Å². The fourth-order valence-electron chi connectivity index (χ4n) is 1.69. The number of halogens is 3. The molecule has 1 heterocycles. The van der Waals surface area contributed by atoms with Crippen LogP contribution in [0.1, 0.15) is 21.7 Å². The minimum absolute atomic E-state index is 0.00123. The van der Waals surface area contributed by atoms with Crippen LogP contribution in [0.5, 0.6) is 0 Å². The molecule has 0 aliphatic carbocycles. The van der Waals surface area contributed by atoms with Crippen molar-refractivity contribution >= 4 is 27.5 Å². The summed E-state index contributed by atoms with van der Waals surface area (Å²) in [4.78, 5) is 12.0. The number of hydrogen-bond acceptors (Lipinski definition) is 2. The molecule has 0 radical (unpaired) electrons. The molecule has 0 aliphatic rings. The van der Waals surface area contributed by atoms with Gasteiger partial charge in [0.25, 0.3) is 5.91 Å². The van der Waals surface area contributed by atoms with Crippen molar-refractivity contribution in [3.8, 4) is 0 Å². The third-order valence-corrected chi connectivity index (χ3v) is 3.22. The summed E-state index contributed by atoms with van der Waals surface area (Å²) in [6.07, 6.45) is 0. The highest BCUT2D eigenvalue weighted by atomic mass is 79.9. The summed E-state index contributed by atoms with van der Waals surface area (Å²) in [6.45, 7) is 3.32. The quantitative estimate of drug-likeness (QED) is 0.830. The van der Waals surface area contributed by atoms with E-state index in [0.717, 1.165) is 12.1 Å². The molecule has 0 saturated carbocycles. The first-order valence-corrected chi connectivity index (χ1v) is 6.17. The average molecular weight is 330 g/mol. The topological polar surface area (TPSA) is 57.8 Å². The van der Waals surface area contributed by atoms with Crippen molar-refractivity contribution in [3.63, 3.8) is 0 Å². The normalized spacial score (nSPS) is 10.6. The van der Waals surface area contributed by atoms with Crippen molar-refractivity contribution in [2.75, 3.05) is 5.32 Å². The number of hydrogen-bond donors (Lipinski definition) is 2. The van der Waals surface area contributed by atoms with Gasteiger partial charge in [0.1, 0.15) is 11.6 Å². The van der Waals surface area contributed by atoms with E-state index in [0.29, 0.717) is 17.0 Å². The van der Waals surface area contributed by atoms with Gasteiger partial charge in [0.2, 0.25) is 0 Å². The van der Waals surface area contributed by atoms with Gasteiger partial charge in [-0.25, -0.2) is 8.78 Å². The highest BCUT2D eigenvalue weighted by molar-refractivity contribution is 9.10. The molecule has 0 atom stereocenters. The largest absolute Gasteiger partial charge is 0.319 e. The molecule has 2 N–H and O–H groups in total. The Hall–Kier alpha value is -1.76. The number of rotatable bonds is 2. The molecule has 0 spiro atoms. The summed E-state index contributed by atoms with van der Waals surface area (Å²) < 4.78 is 26.9. The molecule has 0 saturated heterocycles. The molecule has 0 aliphatic heterocycles. The van der Waals surface area contributed by atoms with Crippen LogP contribution in [0, 0.1) is 25.5 Å². The second-order valence-corrected chi connectivity index (χ2v) is 4.86. The summed E-state index contributed by atoms with van der Waals surface area (Å²) in [5.74, 6) is -1.91. The van der Waals surface area contributed by atoms with E-state index in [-0.39, 0.29) is 10.2 Å². The molecule has 7 heteroatoms. The van der Waals surface area contributed by atoms with Crippen LogP contribution >= 0.6 is 15.9 Å². The summed E-state index contributed by atoms with van der Waals surface area (Å²) >= 11 is 2.87. The molecule has 100 valence electrons. The van der Waals surface area contributed by atoms with Gasteiger partial charge in [0.15, 0.2) is 0 Å². The maximum absolute atomic E-state index is 13.6. The van der Waals surface area contributed by atoms with Crippen LogP contribution in [0.15, 0.2) is 16.6 Å². The number of nitrogens with zero attached hydrogens (tertiary/aromatic N) is 1. The van der Waals surface area contributed by atoms with E-state index >= 15 is 0 Å². The number of aromatic amines is 1. The summed E-state index contributed by atoms with van der Waals surface area (Å²) in [7, 11) is 0. The lowest BCUT2D eigenvalue weighted by Crippen LogP contribution is -2.15. The Morgan fingerprint density at radius 2 is 2.00 bits per heavy atom.